The third-order valence-corrected chi connectivity index (χ3v) is 23.1. The molecule has 0 aliphatic carbocycles. The molecule has 22 aromatic rings. The van der Waals surface area contributed by atoms with Gasteiger partial charge in [0.15, 0.2) is 11.6 Å². The summed E-state index contributed by atoms with van der Waals surface area (Å²) in [6, 6.07) is 126. The highest BCUT2D eigenvalue weighted by Gasteiger charge is 2.25. The van der Waals surface area contributed by atoms with Crippen LogP contribution in [0.5, 0.6) is 0 Å². The van der Waals surface area contributed by atoms with Crippen molar-refractivity contribution in [3.05, 3.63) is 352 Å². The Bertz CT molecular complexity index is 7230. The SMILES string of the molecule is c1ccc(-c2ccc(-c3nc(-c4cccc(-n5c6ccccc6c6c7ccccc7c7c8ccccc8sc7c65)c4)nc4ccccc34)cc2)cc1.c1ccc(-c2cccc(-c3nc(-c4cccc(-n5c6ccccc6c6c7ccccc7c7c8ccccc8sc7c65)c4)nc4ccccc34)c2)cc1. The highest BCUT2D eigenvalue weighted by molar-refractivity contribution is 7.27. The normalized spacial score (nSPS) is 11.8. The molecule has 6 heterocycles. The Morgan fingerprint density at radius 3 is 1.04 bits per heavy atom. The van der Waals surface area contributed by atoms with E-state index in [4.69, 9.17) is 19.9 Å². The monoisotopic (exact) mass is 1360 g/mol. The number of hydrogen-bond donors (Lipinski definition) is 0. The van der Waals surface area contributed by atoms with Crippen molar-refractivity contribution in [3.63, 3.8) is 0 Å². The third-order valence-electron chi connectivity index (χ3n) is 20.7. The van der Waals surface area contributed by atoms with Crippen molar-refractivity contribution >= 4 is 150 Å². The van der Waals surface area contributed by atoms with Gasteiger partial charge in [0.25, 0.3) is 0 Å². The summed E-state index contributed by atoms with van der Waals surface area (Å²) in [5, 5.41) is 17.6. The van der Waals surface area contributed by atoms with Gasteiger partial charge in [-0.25, -0.2) is 19.9 Å². The Labute approximate surface area is 605 Å². The predicted molar refractivity (Wildman–Crippen MR) is 441 cm³/mol. The minimum Gasteiger partial charge on any atom is -0.308 e. The molecule has 6 nitrogen and oxygen atoms in total. The Balaban J connectivity index is 0.000000134. The largest absolute Gasteiger partial charge is 0.308 e. The first-order valence-electron chi connectivity index (χ1n) is 35.2. The summed E-state index contributed by atoms with van der Waals surface area (Å²) in [5.41, 5.74) is 19.5. The zero-order valence-electron chi connectivity index (χ0n) is 56.0. The summed E-state index contributed by atoms with van der Waals surface area (Å²) < 4.78 is 10.1. The first-order valence-corrected chi connectivity index (χ1v) is 36.8. The van der Waals surface area contributed by atoms with Gasteiger partial charge >= 0.3 is 0 Å². The second kappa shape index (κ2) is 24.3. The van der Waals surface area contributed by atoms with Gasteiger partial charge in [-0.2, -0.15) is 0 Å². The average molecular weight is 1360 g/mol. The van der Waals surface area contributed by atoms with Gasteiger partial charge in [0.2, 0.25) is 0 Å². The van der Waals surface area contributed by atoms with E-state index in [-0.39, 0.29) is 0 Å². The molecule has 0 aliphatic rings. The number of benzene rings is 16. The molecule has 0 saturated heterocycles. The molecule has 6 aromatic heterocycles. The summed E-state index contributed by atoms with van der Waals surface area (Å²) >= 11 is 3.77. The van der Waals surface area contributed by atoms with Crippen LogP contribution in [0.25, 0.3) is 206 Å². The highest BCUT2D eigenvalue weighted by atomic mass is 32.1. The lowest BCUT2D eigenvalue weighted by Crippen LogP contribution is -1.98. The molecule has 8 heteroatoms. The maximum absolute atomic E-state index is 5.32. The summed E-state index contributed by atoms with van der Waals surface area (Å²) in [5.74, 6) is 1.42. The van der Waals surface area contributed by atoms with Gasteiger partial charge in [-0.05, 0) is 111 Å². The van der Waals surface area contributed by atoms with Crippen LogP contribution >= 0.6 is 22.7 Å². The fourth-order valence-electron chi connectivity index (χ4n) is 16.1. The molecule has 0 aliphatic heterocycles. The number of nitrogens with zero attached hydrogens (tertiary/aromatic N) is 6. The van der Waals surface area contributed by atoms with Gasteiger partial charge in [-0.15, -0.1) is 22.7 Å². The van der Waals surface area contributed by atoms with Crippen molar-refractivity contribution in [2.75, 3.05) is 0 Å². The molecule has 22 rings (SSSR count). The summed E-state index contributed by atoms with van der Waals surface area (Å²) in [4.78, 5) is 20.9. The number of para-hydroxylation sites is 4. The lowest BCUT2D eigenvalue weighted by atomic mass is 9.99. The van der Waals surface area contributed by atoms with Gasteiger partial charge in [0.1, 0.15) is 0 Å². The summed E-state index contributed by atoms with van der Waals surface area (Å²) in [6.07, 6.45) is 0. The second-order valence-corrected chi connectivity index (χ2v) is 28.8. The van der Waals surface area contributed by atoms with E-state index in [0.29, 0.717) is 11.6 Å². The van der Waals surface area contributed by atoms with E-state index in [0.717, 1.165) is 72.4 Å². The van der Waals surface area contributed by atoms with E-state index >= 15 is 0 Å². The van der Waals surface area contributed by atoms with Crippen molar-refractivity contribution < 1.29 is 0 Å². The number of aromatic nitrogens is 6. The van der Waals surface area contributed by atoms with Crippen LogP contribution in [-0.4, -0.2) is 29.1 Å². The maximum atomic E-state index is 5.32. The van der Waals surface area contributed by atoms with Crippen LogP contribution < -0.4 is 0 Å². The molecular formula is C96H58N6S2. The van der Waals surface area contributed by atoms with Crippen molar-refractivity contribution in [3.8, 4) is 78.9 Å². The van der Waals surface area contributed by atoms with Crippen molar-refractivity contribution in [2.45, 2.75) is 0 Å². The minimum atomic E-state index is 0.707. The summed E-state index contributed by atoms with van der Waals surface area (Å²) in [6.45, 7) is 0. The van der Waals surface area contributed by atoms with Gasteiger partial charge < -0.3 is 9.13 Å². The van der Waals surface area contributed by atoms with Gasteiger partial charge in [0.05, 0.1) is 53.9 Å². The first-order chi connectivity index (χ1) is 51.6. The Kier molecular flexibility index (Phi) is 13.9. The molecule has 0 saturated carbocycles. The van der Waals surface area contributed by atoms with E-state index in [1.165, 1.54) is 122 Å². The van der Waals surface area contributed by atoms with E-state index in [9.17, 15) is 0 Å². The zero-order chi connectivity index (χ0) is 68.3. The standard InChI is InChI=1S/2C48H29N3S/c1-2-14-30(15-3-1)31-16-12-17-32(28-31)45-37-22-6-9-25-40(37)49-48(50-45)33-18-13-19-34(29-33)51-41-26-10-7-23-38(41)43-35-20-4-5-21-36(35)44-39-24-8-11-27-42(39)52-47(44)46(43)51;1-2-13-30(14-3-1)31-25-27-32(28-26-31)45-37-19-6-9-22-40(37)49-48(50-45)33-15-12-16-34(29-33)51-41-23-10-7-20-38(41)43-35-17-4-5-18-36(35)44-39-21-8-11-24-42(39)52-47(44)46(43)51/h2*1-29H. The maximum Gasteiger partial charge on any atom is 0.160 e. The molecule has 484 valence electrons. The van der Waals surface area contributed by atoms with Crippen LogP contribution in [0.3, 0.4) is 0 Å². The van der Waals surface area contributed by atoms with Crippen molar-refractivity contribution in [1.29, 1.82) is 0 Å². The van der Waals surface area contributed by atoms with Crippen LogP contribution in [-0.2, 0) is 0 Å². The molecule has 0 bridgehead atoms. The fourth-order valence-corrected chi connectivity index (χ4v) is 18.7. The fraction of sp³-hybridized carbons (Fsp3) is 0. The predicted octanol–water partition coefficient (Wildman–Crippen LogP) is 26.5. The van der Waals surface area contributed by atoms with Crippen molar-refractivity contribution in [2.24, 2.45) is 0 Å². The van der Waals surface area contributed by atoms with Gasteiger partial charge in [-0.1, -0.05) is 285 Å². The van der Waals surface area contributed by atoms with Gasteiger partial charge in [0, 0.05) is 96.9 Å². The molecule has 0 fully saturated rings. The van der Waals surface area contributed by atoms with Crippen LogP contribution in [0.4, 0.5) is 0 Å². The number of thiophene rings is 2. The van der Waals surface area contributed by atoms with Crippen LogP contribution in [0, 0.1) is 0 Å². The molecule has 0 spiro atoms. The third kappa shape index (κ3) is 9.61. The Hall–Kier alpha value is -13.2. The summed E-state index contributed by atoms with van der Waals surface area (Å²) in [7, 11) is 0. The van der Waals surface area contributed by atoms with Crippen LogP contribution in [0.2, 0.25) is 0 Å². The van der Waals surface area contributed by atoms with E-state index < -0.39 is 0 Å². The molecule has 0 radical (unpaired) electrons. The molecule has 16 aromatic carbocycles. The molecule has 0 N–H and O–H groups in total. The van der Waals surface area contributed by atoms with Crippen LogP contribution in [0.1, 0.15) is 0 Å². The first kappa shape index (κ1) is 59.6. The zero-order valence-corrected chi connectivity index (χ0v) is 57.6. The molecule has 0 unspecified atom stereocenters. The Morgan fingerprint density at radius 1 is 0.212 bits per heavy atom. The van der Waals surface area contributed by atoms with E-state index in [1.54, 1.807) is 0 Å². The second-order valence-electron chi connectivity index (χ2n) is 26.7. The minimum absolute atomic E-state index is 0.707. The van der Waals surface area contributed by atoms with E-state index in [1.807, 2.05) is 22.7 Å². The lowest BCUT2D eigenvalue weighted by Gasteiger charge is -2.13. The van der Waals surface area contributed by atoms with Crippen LogP contribution in [0.15, 0.2) is 352 Å². The van der Waals surface area contributed by atoms with Gasteiger partial charge in [-0.3, -0.25) is 0 Å². The number of fused-ring (bicyclic) bond motifs is 22. The molecular weight excluding hydrogens is 1300 g/mol. The quantitative estimate of drug-likeness (QED) is 0.152. The lowest BCUT2D eigenvalue weighted by molar-refractivity contribution is 1.18. The average Bonchev–Trinajstić information content (AvgIpc) is 1.54. The number of rotatable bonds is 8. The smallest absolute Gasteiger partial charge is 0.160 e. The van der Waals surface area contributed by atoms with E-state index in [2.05, 4.69) is 361 Å². The van der Waals surface area contributed by atoms with Crippen molar-refractivity contribution in [1.82, 2.24) is 29.1 Å². The molecule has 0 atom stereocenters. The highest BCUT2D eigenvalue weighted by Crippen LogP contribution is 2.51. The Morgan fingerprint density at radius 2 is 0.548 bits per heavy atom. The topological polar surface area (TPSA) is 61.4 Å². The molecule has 104 heavy (non-hydrogen) atoms. The molecule has 0 amide bonds. The number of hydrogen-bond acceptors (Lipinski definition) is 6.